The molecular formula is C20H26ClFN2O3S. The number of aryl methyl sites for hydroxylation is 1. The molecule has 8 heteroatoms. The number of H-pyrrole nitrogens is 1. The van der Waals surface area contributed by atoms with Crippen LogP contribution in [-0.2, 0) is 14.6 Å². The van der Waals surface area contributed by atoms with Gasteiger partial charge in [-0.25, -0.2) is 17.8 Å². The Hall–Kier alpha value is -1.44. The van der Waals surface area contributed by atoms with Gasteiger partial charge in [0.05, 0.1) is 17.3 Å². The highest BCUT2D eigenvalue weighted by Gasteiger charge is 2.26. The molecular weight excluding hydrogens is 403 g/mol. The number of hydrogen-bond acceptors (Lipinski definition) is 4. The lowest BCUT2D eigenvalue weighted by Crippen LogP contribution is -2.20. The predicted molar refractivity (Wildman–Crippen MR) is 107 cm³/mol. The fourth-order valence-electron chi connectivity index (χ4n) is 3.69. The third-order valence-electron chi connectivity index (χ3n) is 5.34. The van der Waals surface area contributed by atoms with Crippen LogP contribution >= 0.6 is 11.6 Å². The lowest BCUT2D eigenvalue weighted by atomic mass is 9.83. The zero-order chi connectivity index (χ0) is 20.5. The molecule has 5 nitrogen and oxygen atoms in total. The maximum atomic E-state index is 13.6. The molecule has 1 aliphatic rings. The fraction of sp³-hybridized carbons (Fsp3) is 0.550. The van der Waals surface area contributed by atoms with Crippen LogP contribution in [0.2, 0.25) is 5.02 Å². The van der Waals surface area contributed by atoms with E-state index in [1.807, 2.05) is 0 Å². The molecule has 28 heavy (non-hydrogen) atoms. The number of sulfone groups is 1. The Balaban J connectivity index is 1.89. The van der Waals surface area contributed by atoms with Crippen molar-refractivity contribution in [2.75, 3.05) is 12.9 Å². The number of aromatic nitrogens is 2. The molecule has 3 rings (SSSR count). The van der Waals surface area contributed by atoms with Crippen molar-refractivity contribution in [3.63, 3.8) is 0 Å². The molecule has 1 aromatic heterocycles. The second-order valence-corrected chi connectivity index (χ2v) is 10.2. The van der Waals surface area contributed by atoms with Gasteiger partial charge in [0.15, 0.2) is 14.9 Å². The van der Waals surface area contributed by atoms with Crippen LogP contribution in [0, 0.1) is 24.6 Å². The first-order valence-electron chi connectivity index (χ1n) is 9.48. The summed E-state index contributed by atoms with van der Waals surface area (Å²) in [6.07, 6.45) is 5.03. The smallest absolute Gasteiger partial charge is 0.194 e. The van der Waals surface area contributed by atoms with E-state index in [0.29, 0.717) is 29.6 Å². The van der Waals surface area contributed by atoms with Gasteiger partial charge in [0, 0.05) is 6.26 Å². The summed E-state index contributed by atoms with van der Waals surface area (Å²) in [5.41, 5.74) is 1.08. The normalized spacial score (nSPS) is 21.6. The van der Waals surface area contributed by atoms with E-state index in [4.69, 9.17) is 16.3 Å². The minimum absolute atomic E-state index is 0.00389. The number of imidazole rings is 1. The molecule has 1 aliphatic carbocycles. The molecule has 0 radical (unpaired) electrons. The molecule has 0 unspecified atom stereocenters. The second-order valence-electron chi connectivity index (χ2n) is 7.84. The van der Waals surface area contributed by atoms with Crippen LogP contribution in [0.5, 0.6) is 0 Å². The average molecular weight is 429 g/mol. The van der Waals surface area contributed by atoms with E-state index in [9.17, 15) is 12.8 Å². The number of benzene rings is 1. The van der Waals surface area contributed by atoms with Gasteiger partial charge in [0.2, 0.25) is 0 Å². The molecule has 1 fully saturated rings. The van der Waals surface area contributed by atoms with E-state index in [0.717, 1.165) is 25.0 Å². The first-order chi connectivity index (χ1) is 13.1. The van der Waals surface area contributed by atoms with Gasteiger partial charge in [-0.1, -0.05) is 37.4 Å². The summed E-state index contributed by atoms with van der Waals surface area (Å²) in [4.78, 5) is 7.31. The topological polar surface area (TPSA) is 72.0 Å². The number of nitrogens with one attached hydrogen (secondary N) is 1. The van der Waals surface area contributed by atoms with Crippen molar-refractivity contribution in [2.24, 2.45) is 11.8 Å². The highest BCUT2D eigenvalue weighted by Crippen LogP contribution is 2.33. The van der Waals surface area contributed by atoms with Crippen LogP contribution in [-0.4, -0.2) is 31.2 Å². The summed E-state index contributed by atoms with van der Waals surface area (Å²) in [5.74, 6) is 1.05. The molecule has 0 saturated heterocycles. The van der Waals surface area contributed by atoms with Crippen LogP contribution in [0.4, 0.5) is 4.39 Å². The monoisotopic (exact) mass is 428 g/mol. The Morgan fingerprint density at radius 1 is 1.32 bits per heavy atom. The molecule has 1 heterocycles. The Labute approximate surface area is 170 Å². The lowest BCUT2D eigenvalue weighted by molar-refractivity contribution is 0.0338. The van der Waals surface area contributed by atoms with Gasteiger partial charge in [-0.15, -0.1) is 0 Å². The first-order valence-corrected chi connectivity index (χ1v) is 11.7. The molecule has 1 aromatic carbocycles. The van der Waals surface area contributed by atoms with Gasteiger partial charge in [-0.3, -0.25) is 0 Å². The largest absolute Gasteiger partial charge is 0.365 e. The molecule has 2 aromatic rings. The van der Waals surface area contributed by atoms with E-state index in [1.165, 1.54) is 25.0 Å². The van der Waals surface area contributed by atoms with Gasteiger partial charge in [0.1, 0.15) is 17.7 Å². The molecule has 0 bridgehead atoms. The first kappa shape index (κ1) is 21.3. The maximum absolute atomic E-state index is 13.6. The molecule has 0 aliphatic heterocycles. The van der Waals surface area contributed by atoms with Crippen molar-refractivity contribution in [1.29, 1.82) is 0 Å². The molecule has 1 N–H and O–H groups in total. The van der Waals surface area contributed by atoms with E-state index in [-0.39, 0.29) is 10.0 Å². The maximum Gasteiger partial charge on any atom is 0.194 e. The number of ether oxygens (including phenoxy) is 1. The summed E-state index contributed by atoms with van der Waals surface area (Å²) >= 11 is 5.96. The summed E-state index contributed by atoms with van der Waals surface area (Å²) < 4.78 is 43.8. The molecule has 1 atom stereocenters. The van der Waals surface area contributed by atoms with Gasteiger partial charge in [0.25, 0.3) is 0 Å². The number of rotatable bonds is 6. The average Bonchev–Trinajstić information content (AvgIpc) is 3.01. The highest BCUT2D eigenvalue weighted by atomic mass is 35.5. The zero-order valence-electron chi connectivity index (χ0n) is 16.3. The summed E-state index contributed by atoms with van der Waals surface area (Å²) in [6.45, 7) is 4.45. The van der Waals surface area contributed by atoms with Gasteiger partial charge in [-0.2, -0.15) is 0 Å². The third-order valence-corrected chi connectivity index (χ3v) is 6.73. The summed E-state index contributed by atoms with van der Waals surface area (Å²) in [7, 11) is -3.47. The van der Waals surface area contributed by atoms with Crippen LogP contribution in [0.25, 0.3) is 0 Å². The third kappa shape index (κ3) is 4.93. The van der Waals surface area contributed by atoms with Crippen LogP contribution in [0.3, 0.4) is 0 Å². The van der Waals surface area contributed by atoms with Gasteiger partial charge >= 0.3 is 0 Å². The Morgan fingerprint density at radius 2 is 2.00 bits per heavy atom. The van der Waals surface area contributed by atoms with E-state index < -0.39 is 21.8 Å². The number of nitrogens with zero attached hydrogens (tertiary/aromatic N) is 1. The SMILES string of the molecule is Cc1[nH]c([C@@H](OCC2CCC(C)CC2)c2ccc(F)c(Cl)c2)nc1S(C)(=O)=O. The van der Waals surface area contributed by atoms with Crippen LogP contribution < -0.4 is 0 Å². The quantitative estimate of drug-likeness (QED) is 0.714. The van der Waals surface area contributed by atoms with Crippen molar-refractivity contribution >= 4 is 21.4 Å². The van der Waals surface area contributed by atoms with Gasteiger partial charge in [-0.05, 0) is 49.3 Å². The lowest BCUT2D eigenvalue weighted by Gasteiger charge is -2.27. The molecule has 0 spiro atoms. The van der Waals surface area contributed by atoms with E-state index in [2.05, 4.69) is 16.9 Å². The molecule has 154 valence electrons. The number of halogens is 2. The van der Waals surface area contributed by atoms with E-state index in [1.54, 1.807) is 13.0 Å². The minimum atomic E-state index is -3.47. The van der Waals surface area contributed by atoms with Crippen LogP contribution in [0.1, 0.15) is 55.8 Å². The molecule has 0 amide bonds. The van der Waals surface area contributed by atoms with Crippen molar-refractivity contribution in [3.05, 3.63) is 46.1 Å². The van der Waals surface area contributed by atoms with Crippen molar-refractivity contribution in [1.82, 2.24) is 9.97 Å². The number of aromatic amines is 1. The molecule has 1 saturated carbocycles. The Kier molecular flexibility index (Phi) is 6.47. The highest BCUT2D eigenvalue weighted by molar-refractivity contribution is 7.90. The van der Waals surface area contributed by atoms with Crippen molar-refractivity contribution in [2.45, 2.75) is 50.7 Å². The summed E-state index contributed by atoms with van der Waals surface area (Å²) in [6, 6.07) is 4.37. The fourth-order valence-corrected chi connectivity index (χ4v) is 4.75. The standard InChI is InChI=1S/C20H26ClFN2O3S/c1-12-4-6-14(7-5-12)11-27-18(15-8-9-17(22)16(21)10-15)19-23-13(2)20(24-19)28(3,25)26/h8-10,12,14,18H,4-7,11H2,1-3H3,(H,23,24)/t12?,14?,18-/m0/s1. The minimum Gasteiger partial charge on any atom is -0.365 e. The predicted octanol–water partition coefficient (Wildman–Crippen LogP) is 4.85. The van der Waals surface area contributed by atoms with E-state index >= 15 is 0 Å². The second kappa shape index (κ2) is 8.51. The zero-order valence-corrected chi connectivity index (χ0v) is 17.9. The Morgan fingerprint density at radius 3 is 2.57 bits per heavy atom. The summed E-state index contributed by atoms with van der Waals surface area (Å²) in [5, 5.41) is -0.0139. The van der Waals surface area contributed by atoms with Crippen LogP contribution in [0.15, 0.2) is 23.2 Å². The van der Waals surface area contributed by atoms with Crippen molar-refractivity contribution in [3.8, 4) is 0 Å². The number of hydrogen-bond donors (Lipinski definition) is 1. The van der Waals surface area contributed by atoms with Gasteiger partial charge < -0.3 is 9.72 Å². The van der Waals surface area contributed by atoms with Crippen molar-refractivity contribution < 1.29 is 17.5 Å². The Bertz CT molecular complexity index is 937.